The summed E-state index contributed by atoms with van der Waals surface area (Å²) in [4.78, 5) is 11.6. The molecule has 1 unspecified atom stereocenters. The number of hydrogen-bond donors (Lipinski definition) is 1. The maximum absolute atomic E-state index is 11.6. The molecule has 0 aliphatic carbocycles. The van der Waals surface area contributed by atoms with E-state index in [0.717, 1.165) is 24.8 Å². The lowest BCUT2D eigenvalue weighted by Crippen LogP contribution is -2.32. The van der Waals surface area contributed by atoms with Crippen LogP contribution in [0.5, 0.6) is 0 Å². The van der Waals surface area contributed by atoms with Gasteiger partial charge in [-0.05, 0) is 59.5 Å². The summed E-state index contributed by atoms with van der Waals surface area (Å²) in [5, 5.41) is 9.56. The number of rotatable bonds is 7. The molecule has 0 saturated heterocycles. The lowest BCUT2D eigenvalue weighted by atomic mass is 9.75. The molecule has 3 heteroatoms. The van der Waals surface area contributed by atoms with Crippen molar-refractivity contribution < 1.29 is 9.90 Å². The summed E-state index contributed by atoms with van der Waals surface area (Å²) in [7, 11) is 0. The van der Waals surface area contributed by atoms with Crippen molar-refractivity contribution in [3.8, 4) is 0 Å². The van der Waals surface area contributed by atoms with E-state index in [9.17, 15) is 9.90 Å². The highest BCUT2D eigenvalue weighted by atomic mass is 127. The van der Waals surface area contributed by atoms with Gasteiger partial charge in [-0.15, -0.1) is 0 Å². The van der Waals surface area contributed by atoms with E-state index < -0.39 is 11.4 Å². The number of hydrogen-bond acceptors (Lipinski definition) is 1. The molecule has 0 spiro atoms. The number of carboxylic acid groups (broad SMARTS) is 1. The summed E-state index contributed by atoms with van der Waals surface area (Å²) < 4.78 is 1.18. The van der Waals surface area contributed by atoms with Gasteiger partial charge in [0.25, 0.3) is 0 Å². The fraction of sp³-hybridized carbons (Fsp3) is 0.533. The number of unbranched alkanes of at least 4 members (excludes halogenated alkanes) is 1. The van der Waals surface area contributed by atoms with Crippen LogP contribution >= 0.6 is 22.6 Å². The normalized spacial score (nSPS) is 14.2. The standard InChI is InChI=1S/C15H21IO2/c1-3-5-10-15(4-2,14(17)18)11-12-6-8-13(16)9-7-12/h6-9H,3-5,10-11H2,1-2H3,(H,17,18). The van der Waals surface area contributed by atoms with Crippen molar-refractivity contribution in [2.75, 3.05) is 0 Å². The van der Waals surface area contributed by atoms with Gasteiger partial charge in [0.1, 0.15) is 0 Å². The summed E-state index contributed by atoms with van der Waals surface area (Å²) in [6.45, 7) is 4.09. The molecule has 0 bridgehead atoms. The number of carboxylic acids is 1. The van der Waals surface area contributed by atoms with Gasteiger partial charge in [-0.1, -0.05) is 38.8 Å². The number of carbonyl (C=O) groups is 1. The second kappa shape index (κ2) is 7.12. The Balaban J connectivity index is 2.89. The highest BCUT2D eigenvalue weighted by molar-refractivity contribution is 14.1. The molecule has 1 rings (SSSR count). The van der Waals surface area contributed by atoms with E-state index in [0.29, 0.717) is 12.8 Å². The summed E-state index contributed by atoms with van der Waals surface area (Å²) >= 11 is 2.26. The topological polar surface area (TPSA) is 37.3 Å². The quantitative estimate of drug-likeness (QED) is 0.727. The first-order valence-electron chi connectivity index (χ1n) is 6.52. The first-order valence-corrected chi connectivity index (χ1v) is 7.60. The minimum absolute atomic E-state index is 0.594. The second-order valence-electron chi connectivity index (χ2n) is 4.85. The highest BCUT2D eigenvalue weighted by Crippen LogP contribution is 2.33. The Morgan fingerprint density at radius 1 is 1.28 bits per heavy atom. The van der Waals surface area contributed by atoms with Gasteiger partial charge in [-0.3, -0.25) is 4.79 Å². The van der Waals surface area contributed by atoms with Gasteiger partial charge in [0.05, 0.1) is 5.41 Å². The summed E-state index contributed by atoms with van der Waals surface area (Å²) in [6, 6.07) is 8.16. The van der Waals surface area contributed by atoms with Gasteiger partial charge in [0.15, 0.2) is 0 Å². The number of halogens is 1. The van der Waals surface area contributed by atoms with Crippen LogP contribution in [0, 0.1) is 8.99 Å². The van der Waals surface area contributed by atoms with E-state index in [1.54, 1.807) is 0 Å². The van der Waals surface area contributed by atoms with Crippen molar-refractivity contribution in [2.24, 2.45) is 5.41 Å². The van der Waals surface area contributed by atoms with Gasteiger partial charge >= 0.3 is 5.97 Å². The summed E-state index contributed by atoms with van der Waals surface area (Å²) in [6.07, 6.45) is 4.11. The molecule has 0 heterocycles. The van der Waals surface area contributed by atoms with Gasteiger partial charge in [0.2, 0.25) is 0 Å². The van der Waals surface area contributed by atoms with Gasteiger partial charge in [-0.25, -0.2) is 0 Å². The fourth-order valence-electron chi connectivity index (χ4n) is 2.23. The molecular formula is C15H21IO2. The molecule has 1 atom stereocenters. The van der Waals surface area contributed by atoms with Crippen molar-refractivity contribution >= 4 is 28.6 Å². The second-order valence-corrected chi connectivity index (χ2v) is 6.09. The third-order valence-electron chi connectivity index (χ3n) is 3.60. The summed E-state index contributed by atoms with van der Waals surface area (Å²) in [5.41, 5.74) is 0.527. The number of benzene rings is 1. The molecule has 1 aromatic carbocycles. The Morgan fingerprint density at radius 3 is 2.33 bits per heavy atom. The van der Waals surface area contributed by atoms with Crippen LogP contribution < -0.4 is 0 Å². The van der Waals surface area contributed by atoms with Crippen molar-refractivity contribution in [3.05, 3.63) is 33.4 Å². The Bertz CT molecular complexity index is 386. The van der Waals surface area contributed by atoms with E-state index in [1.165, 1.54) is 3.57 Å². The molecule has 0 amide bonds. The van der Waals surface area contributed by atoms with Crippen LogP contribution in [0.25, 0.3) is 0 Å². The van der Waals surface area contributed by atoms with Crippen LogP contribution in [-0.2, 0) is 11.2 Å². The van der Waals surface area contributed by atoms with Crippen LogP contribution in [0.4, 0.5) is 0 Å². The lowest BCUT2D eigenvalue weighted by Gasteiger charge is -2.28. The zero-order valence-electron chi connectivity index (χ0n) is 11.1. The van der Waals surface area contributed by atoms with E-state index in [2.05, 4.69) is 29.5 Å². The first-order chi connectivity index (χ1) is 8.54. The molecule has 18 heavy (non-hydrogen) atoms. The molecular weight excluding hydrogens is 339 g/mol. The minimum Gasteiger partial charge on any atom is -0.481 e. The molecule has 0 aromatic heterocycles. The molecule has 0 aliphatic rings. The lowest BCUT2D eigenvalue weighted by molar-refractivity contribution is -0.149. The Morgan fingerprint density at radius 2 is 1.89 bits per heavy atom. The van der Waals surface area contributed by atoms with Gasteiger partial charge in [0, 0.05) is 3.57 Å². The Labute approximate surface area is 123 Å². The van der Waals surface area contributed by atoms with Gasteiger partial charge in [-0.2, -0.15) is 0 Å². The van der Waals surface area contributed by atoms with E-state index >= 15 is 0 Å². The van der Waals surface area contributed by atoms with Crippen LogP contribution in [0.3, 0.4) is 0 Å². The first kappa shape index (κ1) is 15.5. The molecule has 0 aliphatic heterocycles. The molecule has 1 aromatic rings. The van der Waals surface area contributed by atoms with Crippen LogP contribution in [0.1, 0.15) is 45.1 Å². The molecule has 0 saturated carbocycles. The minimum atomic E-state index is -0.656. The van der Waals surface area contributed by atoms with E-state index in [1.807, 2.05) is 31.2 Å². The van der Waals surface area contributed by atoms with Crippen LogP contribution in [-0.4, -0.2) is 11.1 Å². The Hall–Kier alpha value is -0.580. The zero-order chi connectivity index (χ0) is 13.6. The summed E-state index contributed by atoms with van der Waals surface area (Å²) in [5.74, 6) is -0.656. The molecule has 2 nitrogen and oxygen atoms in total. The largest absolute Gasteiger partial charge is 0.481 e. The zero-order valence-corrected chi connectivity index (χ0v) is 13.2. The number of aliphatic carboxylic acids is 1. The van der Waals surface area contributed by atoms with Crippen molar-refractivity contribution in [1.29, 1.82) is 0 Å². The highest BCUT2D eigenvalue weighted by Gasteiger charge is 2.35. The Kier molecular flexibility index (Phi) is 6.12. The average Bonchev–Trinajstić information content (AvgIpc) is 2.36. The third-order valence-corrected chi connectivity index (χ3v) is 4.31. The molecule has 0 fully saturated rings. The van der Waals surface area contributed by atoms with Gasteiger partial charge < -0.3 is 5.11 Å². The van der Waals surface area contributed by atoms with Crippen molar-refractivity contribution in [3.63, 3.8) is 0 Å². The fourth-order valence-corrected chi connectivity index (χ4v) is 2.59. The van der Waals surface area contributed by atoms with Crippen LogP contribution in [0.2, 0.25) is 0 Å². The molecule has 100 valence electrons. The monoisotopic (exact) mass is 360 g/mol. The SMILES string of the molecule is CCCCC(CC)(Cc1ccc(I)cc1)C(=O)O. The van der Waals surface area contributed by atoms with Crippen LogP contribution in [0.15, 0.2) is 24.3 Å². The van der Waals surface area contributed by atoms with E-state index in [-0.39, 0.29) is 0 Å². The maximum atomic E-state index is 11.6. The van der Waals surface area contributed by atoms with E-state index in [4.69, 9.17) is 0 Å². The molecule has 0 radical (unpaired) electrons. The average molecular weight is 360 g/mol. The van der Waals surface area contributed by atoms with Crippen molar-refractivity contribution in [1.82, 2.24) is 0 Å². The maximum Gasteiger partial charge on any atom is 0.309 e. The van der Waals surface area contributed by atoms with Crippen molar-refractivity contribution in [2.45, 2.75) is 46.0 Å². The predicted molar refractivity (Wildman–Crippen MR) is 82.7 cm³/mol. The molecule has 1 N–H and O–H groups in total. The predicted octanol–water partition coefficient (Wildman–Crippen LogP) is 4.50. The smallest absolute Gasteiger partial charge is 0.309 e. The third kappa shape index (κ3) is 3.97.